The SMILES string of the molecule is NC1C(=NNc2ccc(Oc3ccccc3)cc2)C=NN1N. The van der Waals surface area contributed by atoms with E-state index in [4.69, 9.17) is 16.3 Å². The average Bonchev–Trinajstić information content (AvgIpc) is 2.87. The van der Waals surface area contributed by atoms with Crippen LogP contribution in [0.15, 0.2) is 64.8 Å². The van der Waals surface area contributed by atoms with Gasteiger partial charge >= 0.3 is 0 Å². The number of rotatable bonds is 4. The lowest BCUT2D eigenvalue weighted by Crippen LogP contribution is -2.44. The molecule has 22 heavy (non-hydrogen) atoms. The van der Waals surface area contributed by atoms with Crippen molar-refractivity contribution in [2.75, 3.05) is 5.43 Å². The Morgan fingerprint density at radius 2 is 1.73 bits per heavy atom. The van der Waals surface area contributed by atoms with Crippen LogP contribution in [0.3, 0.4) is 0 Å². The first-order valence-electron chi connectivity index (χ1n) is 6.72. The van der Waals surface area contributed by atoms with Crippen LogP contribution >= 0.6 is 0 Å². The molecule has 112 valence electrons. The van der Waals surface area contributed by atoms with Gasteiger partial charge in [-0.1, -0.05) is 18.2 Å². The average molecular weight is 296 g/mol. The van der Waals surface area contributed by atoms with Gasteiger partial charge in [0.15, 0.2) is 6.17 Å². The molecule has 7 heteroatoms. The lowest BCUT2D eigenvalue weighted by molar-refractivity contribution is 0.280. The summed E-state index contributed by atoms with van der Waals surface area (Å²) >= 11 is 0. The van der Waals surface area contributed by atoms with Crippen molar-refractivity contribution in [2.45, 2.75) is 6.17 Å². The highest BCUT2D eigenvalue weighted by molar-refractivity contribution is 6.34. The van der Waals surface area contributed by atoms with E-state index in [0.717, 1.165) is 22.3 Å². The molecule has 0 aliphatic carbocycles. The molecule has 0 fully saturated rings. The monoisotopic (exact) mass is 296 g/mol. The lowest BCUT2D eigenvalue weighted by atomic mass is 10.3. The van der Waals surface area contributed by atoms with Crippen LogP contribution in [0.4, 0.5) is 5.69 Å². The molecule has 0 saturated heterocycles. The quantitative estimate of drug-likeness (QED) is 0.589. The van der Waals surface area contributed by atoms with E-state index < -0.39 is 6.17 Å². The third-order valence-electron chi connectivity index (χ3n) is 3.06. The zero-order valence-electron chi connectivity index (χ0n) is 11.8. The first-order valence-corrected chi connectivity index (χ1v) is 6.72. The normalized spacial score (nSPS) is 18.7. The molecule has 2 aromatic carbocycles. The Kier molecular flexibility index (Phi) is 3.99. The predicted molar refractivity (Wildman–Crippen MR) is 86.5 cm³/mol. The van der Waals surface area contributed by atoms with E-state index in [1.165, 1.54) is 6.21 Å². The molecule has 1 aliphatic heterocycles. The second-order valence-corrected chi connectivity index (χ2v) is 4.66. The summed E-state index contributed by atoms with van der Waals surface area (Å²) in [6.45, 7) is 0. The van der Waals surface area contributed by atoms with E-state index in [1.807, 2.05) is 54.6 Å². The summed E-state index contributed by atoms with van der Waals surface area (Å²) in [6, 6.07) is 17.0. The van der Waals surface area contributed by atoms with Crippen LogP contribution in [0.25, 0.3) is 0 Å². The summed E-state index contributed by atoms with van der Waals surface area (Å²) < 4.78 is 5.71. The molecule has 1 unspecified atom stereocenters. The number of hydrazone groups is 2. The highest BCUT2D eigenvalue weighted by Crippen LogP contribution is 2.22. The lowest BCUT2D eigenvalue weighted by Gasteiger charge is -2.12. The fourth-order valence-electron chi connectivity index (χ4n) is 1.86. The van der Waals surface area contributed by atoms with Crippen molar-refractivity contribution in [2.24, 2.45) is 21.8 Å². The van der Waals surface area contributed by atoms with Gasteiger partial charge in [-0.05, 0) is 36.4 Å². The van der Waals surface area contributed by atoms with Crippen LogP contribution in [-0.4, -0.2) is 23.2 Å². The van der Waals surface area contributed by atoms with E-state index in [1.54, 1.807) is 0 Å². The van der Waals surface area contributed by atoms with Gasteiger partial charge in [-0.25, -0.2) is 11.0 Å². The highest BCUT2D eigenvalue weighted by Gasteiger charge is 2.20. The Bertz CT molecular complexity index is 683. The molecule has 2 aromatic rings. The van der Waals surface area contributed by atoms with Crippen molar-refractivity contribution in [1.82, 2.24) is 5.12 Å². The molecule has 0 bridgehead atoms. The maximum absolute atomic E-state index is 5.78. The number of hydrazine groups is 1. The molecule has 7 nitrogen and oxygen atoms in total. The number of nitrogens with one attached hydrogen (secondary N) is 1. The minimum Gasteiger partial charge on any atom is -0.457 e. The molecule has 0 spiro atoms. The Hall–Kier alpha value is -2.90. The van der Waals surface area contributed by atoms with Crippen LogP contribution in [0.5, 0.6) is 11.5 Å². The summed E-state index contributed by atoms with van der Waals surface area (Å²) in [4.78, 5) is 0. The molecule has 0 saturated carbocycles. The van der Waals surface area contributed by atoms with E-state index in [2.05, 4.69) is 15.6 Å². The molecular formula is C15H16N6O. The first kappa shape index (κ1) is 14.1. The van der Waals surface area contributed by atoms with Gasteiger partial charge in [-0.2, -0.15) is 10.2 Å². The van der Waals surface area contributed by atoms with Crippen LogP contribution in [0.1, 0.15) is 0 Å². The number of anilines is 1. The molecule has 3 rings (SSSR count). The molecule has 0 radical (unpaired) electrons. The summed E-state index contributed by atoms with van der Waals surface area (Å²) in [6.07, 6.45) is 0.984. The van der Waals surface area contributed by atoms with Gasteiger partial charge in [0.1, 0.15) is 17.2 Å². The molecule has 0 aromatic heterocycles. The Morgan fingerprint density at radius 1 is 1.05 bits per heavy atom. The fraction of sp³-hybridized carbons (Fsp3) is 0.0667. The second kappa shape index (κ2) is 6.25. The maximum atomic E-state index is 5.78. The fourth-order valence-corrected chi connectivity index (χ4v) is 1.86. The number of nitrogens with two attached hydrogens (primary N) is 2. The number of nitrogens with zero attached hydrogens (tertiary/aromatic N) is 3. The van der Waals surface area contributed by atoms with Gasteiger partial charge in [0.25, 0.3) is 0 Å². The van der Waals surface area contributed by atoms with Crippen molar-refractivity contribution >= 4 is 17.6 Å². The van der Waals surface area contributed by atoms with Crippen LogP contribution in [0.2, 0.25) is 0 Å². The van der Waals surface area contributed by atoms with Crippen molar-refractivity contribution < 1.29 is 4.74 Å². The minimum atomic E-state index is -0.534. The predicted octanol–water partition coefficient (Wildman–Crippen LogP) is 1.71. The summed E-state index contributed by atoms with van der Waals surface area (Å²) in [7, 11) is 0. The molecule has 5 N–H and O–H groups in total. The number of benzene rings is 2. The van der Waals surface area contributed by atoms with Gasteiger partial charge in [0, 0.05) is 0 Å². The number of hydrogen-bond donors (Lipinski definition) is 3. The van der Waals surface area contributed by atoms with Gasteiger partial charge in [0.05, 0.1) is 11.9 Å². The number of para-hydroxylation sites is 1. The maximum Gasteiger partial charge on any atom is 0.157 e. The van der Waals surface area contributed by atoms with Crippen molar-refractivity contribution in [3.8, 4) is 11.5 Å². The van der Waals surface area contributed by atoms with Gasteiger partial charge in [-0.15, -0.1) is 0 Å². The van der Waals surface area contributed by atoms with Crippen molar-refractivity contribution in [1.29, 1.82) is 0 Å². The first-order chi connectivity index (χ1) is 10.7. The van der Waals surface area contributed by atoms with Crippen molar-refractivity contribution in [3.63, 3.8) is 0 Å². The van der Waals surface area contributed by atoms with E-state index in [0.29, 0.717) is 5.71 Å². The highest BCUT2D eigenvalue weighted by atomic mass is 16.5. The Morgan fingerprint density at radius 3 is 2.36 bits per heavy atom. The zero-order chi connectivity index (χ0) is 15.4. The van der Waals surface area contributed by atoms with E-state index in [9.17, 15) is 0 Å². The summed E-state index contributed by atoms with van der Waals surface area (Å²) in [5, 5.41) is 9.16. The largest absolute Gasteiger partial charge is 0.457 e. The van der Waals surface area contributed by atoms with Crippen LogP contribution in [0, 0.1) is 0 Å². The molecule has 1 heterocycles. The summed E-state index contributed by atoms with van der Waals surface area (Å²) in [5.74, 6) is 7.05. The number of ether oxygens (including phenoxy) is 1. The standard InChI is InChI=1S/C15H16N6O/c16-15-14(10-18-21(15)17)20-19-11-6-8-13(9-7-11)22-12-4-2-1-3-5-12/h1-10,15,19H,16-17H2. The molecular weight excluding hydrogens is 280 g/mol. The van der Waals surface area contributed by atoms with Gasteiger partial charge < -0.3 is 10.5 Å². The van der Waals surface area contributed by atoms with Crippen molar-refractivity contribution in [3.05, 3.63) is 54.6 Å². The molecule has 0 amide bonds. The van der Waals surface area contributed by atoms with E-state index in [-0.39, 0.29) is 0 Å². The number of hydrogen-bond acceptors (Lipinski definition) is 7. The third-order valence-corrected chi connectivity index (χ3v) is 3.06. The Labute approximate surface area is 127 Å². The van der Waals surface area contributed by atoms with Crippen LogP contribution < -0.4 is 21.7 Å². The third kappa shape index (κ3) is 3.22. The zero-order valence-corrected chi connectivity index (χ0v) is 11.8. The van der Waals surface area contributed by atoms with Gasteiger partial charge in [-0.3, -0.25) is 5.43 Å². The second-order valence-electron chi connectivity index (χ2n) is 4.66. The topological polar surface area (TPSA) is 101 Å². The Balaban J connectivity index is 1.63. The molecule has 1 atom stereocenters. The smallest absolute Gasteiger partial charge is 0.157 e. The summed E-state index contributed by atoms with van der Waals surface area (Å²) in [5.41, 5.74) is 10.1. The molecule has 1 aliphatic rings. The van der Waals surface area contributed by atoms with Crippen LogP contribution in [-0.2, 0) is 0 Å². The minimum absolute atomic E-state index is 0.534. The van der Waals surface area contributed by atoms with E-state index >= 15 is 0 Å². The van der Waals surface area contributed by atoms with Gasteiger partial charge in [0.2, 0.25) is 0 Å².